The molecule has 0 spiro atoms. The summed E-state index contributed by atoms with van der Waals surface area (Å²) in [5.41, 5.74) is 6.11. The zero-order chi connectivity index (χ0) is 27.6. The first-order valence-electron chi connectivity index (χ1n) is 11.5. The molecule has 1 atom stereocenters. The van der Waals surface area contributed by atoms with Crippen molar-refractivity contribution in [3.63, 3.8) is 0 Å². The van der Waals surface area contributed by atoms with Crippen molar-refractivity contribution in [3.05, 3.63) is 93.8 Å². The molecule has 39 heavy (non-hydrogen) atoms. The van der Waals surface area contributed by atoms with Crippen LogP contribution in [0.4, 0.5) is 24.8 Å². The average Bonchev–Trinajstić information content (AvgIpc) is 3.47. The zero-order valence-corrected chi connectivity index (χ0v) is 20.8. The van der Waals surface area contributed by atoms with Crippen LogP contribution in [0.3, 0.4) is 0 Å². The number of nitrogen functional groups attached to an aromatic ring is 1. The van der Waals surface area contributed by atoms with Gasteiger partial charge in [0.05, 0.1) is 11.3 Å². The predicted octanol–water partition coefficient (Wildman–Crippen LogP) is 4.39. The Morgan fingerprint density at radius 3 is 2.69 bits per heavy atom. The highest BCUT2D eigenvalue weighted by atomic mass is 35.5. The fraction of sp³-hybridized carbons (Fsp3) is 0.115. The highest BCUT2D eigenvalue weighted by Crippen LogP contribution is 2.46. The number of nitrogens with zero attached hydrogens (tertiary/aromatic N) is 5. The number of nitrogens with one attached hydrogen (secondary N) is 1. The van der Waals surface area contributed by atoms with Crippen LogP contribution in [0.1, 0.15) is 29.3 Å². The van der Waals surface area contributed by atoms with Gasteiger partial charge in [-0.05, 0) is 48.4 Å². The molecule has 0 saturated carbocycles. The van der Waals surface area contributed by atoms with Gasteiger partial charge in [-0.25, -0.2) is 33.1 Å². The SMILES string of the molecule is C[C@]1(c2cc(O)c(Cl)c(F)c2)C(=O)Nc2nc(-c3cn4ccnc4c(Cc4cc(F)ccc4F)n3)nc(N)c21. The van der Waals surface area contributed by atoms with Crippen LogP contribution < -0.4 is 11.1 Å². The van der Waals surface area contributed by atoms with Gasteiger partial charge in [0.25, 0.3) is 0 Å². The second kappa shape index (κ2) is 8.67. The zero-order valence-electron chi connectivity index (χ0n) is 20.0. The lowest BCUT2D eigenvalue weighted by Crippen LogP contribution is -2.33. The smallest absolute Gasteiger partial charge is 0.240 e. The number of hydrogen-bond acceptors (Lipinski definition) is 7. The number of anilines is 2. The largest absolute Gasteiger partial charge is 0.506 e. The van der Waals surface area contributed by atoms with Gasteiger partial charge < -0.3 is 20.6 Å². The molecule has 0 aliphatic carbocycles. The molecule has 0 fully saturated rings. The summed E-state index contributed by atoms with van der Waals surface area (Å²) in [4.78, 5) is 30.8. The van der Waals surface area contributed by atoms with E-state index in [1.54, 1.807) is 16.8 Å². The Balaban J connectivity index is 1.47. The third-order valence-corrected chi connectivity index (χ3v) is 7.12. The Morgan fingerprint density at radius 2 is 1.92 bits per heavy atom. The van der Waals surface area contributed by atoms with Gasteiger partial charge >= 0.3 is 0 Å². The molecule has 1 aliphatic rings. The molecular weight excluding hydrogens is 535 g/mol. The minimum atomic E-state index is -1.54. The van der Waals surface area contributed by atoms with Crippen molar-refractivity contribution < 1.29 is 23.1 Å². The monoisotopic (exact) mass is 551 g/mol. The van der Waals surface area contributed by atoms with Crippen LogP contribution in [-0.4, -0.2) is 35.4 Å². The standard InChI is InChI=1S/C26H17ClF3N7O2/c1-26(12-8-15(30)20(27)18(38)9-12)19-21(31)34-22(35-23(19)36-25(26)39)17-10-37-5-4-32-24(37)16(33-17)7-11-6-13(28)2-3-14(11)29/h2-6,8-10,38H,7H2,1H3,(H3,31,34,35,36,39)/t26-/m1/s1. The number of aromatic hydroxyl groups is 1. The Morgan fingerprint density at radius 1 is 1.13 bits per heavy atom. The molecule has 0 bridgehead atoms. The molecule has 9 nitrogen and oxygen atoms in total. The number of rotatable bonds is 4. The molecule has 0 unspecified atom stereocenters. The van der Waals surface area contributed by atoms with Crippen LogP contribution in [0.25, 0.3) is 17.2 Å². The molecule has 196 valence electrons. The molecule has 1 aliphatic heterocycles. The van der Waals surface area contributed by atoms with Crippen molar-refractivity contribution in [1.82, 2.24) is 24.3 Å². The predicted molar refractivity (Wildman–Crippen MR) is 136 cm³/mol. The van der Waals surface area contributed by atoms with E-state index < -0.39 is 39.5 Å². The van der Waals surface area contributed by atoms with E-state index >= 15 is 0 Å². The van der Waals surface area contributed by atoms with E-state index in [2.05, 4.69) is 25.3 Å². The second-order valence-electron chi connectivity index (χ2n) is 9.17. The van der Waals surface area contributed by atoms with Gasteiger partial charge in [-0.3, -0.25) is 4.79 Å². The number of phenols is 1. The topological polar surface area (TPSA) is 131 Å². The summed E-state index contributed by atoms with van der Waals surface area (Å²) in [6.07, 6.45) is 4.68. The van der Waals surface area contributed by atoms with E-state index in [0.29, 0.717) is 11.3 Å². The van der Waals surface area contributed by atoms with Crippen molar-refractivity contribution in [3.8, 4) is 17.3 Å². The number of aromatic nitrogens is 5. The van der Waals surface area contributed by atoms with E-state index in [4.69, 9.17) is 17.3 Å². The number of nitrogens with two attached hydrogens (primary N) is 1. The summed E-state index contributed by atoms with van der Waals surface area (Å²) in [6.45, 7) is 1.50. The van der Waals surface area contributed by atoms with Gasteiger partial charge in [0, 0.05) is 25.0 Å². The van der Waals surface area contributed by atoms with E-state index in [9.17, 15) is 23.1 Å². The highest BCUT2D eigenvalue weighted by Gasteiger charge is 2.48. The van der Waals surface area contributed by atoms with Gasteiger partial charge in [-0.2, -0.15) is 0 Å². The number of phenolic OH excluding ortho intramolecular Hbond substituents is 1. The van der Waals surface area contributed by atoms with Crippen molar-refractivity contribution in [2.75, 3.05) is 11.1 Å². The van der Waals surface area contributed by atoms with Crippen LogP contribution in [0.2, 0.25) is 5.02 Å². The van der Waals surface area contributed by atoms with Crippen LogP contribution in [0.15, 0.2) is 48.9 Å². The number of amides is 1. The maximum Gasteiger partial charge on any atom is 0.240 e. The number of carbonyl (C=O) groups is 1. The maximum atomic E-state index is 14.4. The normalized spacial score (nSPS) is 16.5. The second-order valence-corrected chi connectivity index (χ2v) is 9.55. The molecule has 0 radical (unpaired) electrons. The fourth-order valence-electron chi connectivity index (χ4n) is 4.74. The fourth-order valence-corrected chi connectivity index (χ4v) is 4.85. The van der Waals surface area contributed by atoms with Crippen molar-refractivity contribution >= 4 is 34.8 Å². The Labute approximate surface area is 223 Å². The Kier molecular flexibility index (Phi) is 5.47. The number of benzene rings is 2. The lowest BCUT2D eigenvalue weighted by Gasteiger charge is -2.24. The summed E-state index contributed by atoms with van der Waals surface area (Å²) in [5.74, 6) is -3.19. The van der Waals surface area contributed by atoms with E-state index in [1.807, 2.05) is 0 Å². The Bertz CT molecular complexity index is 1820. The molecule has 2 aromatic carbocycles. The van der Waals surface area contributed by atoms with Crippen LogP contribution in [0.5, 0.6) is 5.75 Å². The molecule has 0 saturated heterocycles. The summed E-state index contributed by atoms with van der Waals surface area (Å²) < 4.78 is 44.1. The lowest BCUT2D eigenvalue weighted by molar-refractivity contribution is -0.119. The van der Waals surface area contributed by atoms with Crippen molar-refractivity contribution in [1.29, 1.82) is 0 Å². The molecule has 13 heteroatoms. The molecule has 6 rings (SSSR count). The van der Waals surface area contributed by atoms with Crippen LogP contribution in [-0.2, 0) is 16.6 Å². The van der Waals surface area contributed by atoms with Gasteiger partial charge in [-0.1, -0.05) is 11.6 Å². The van der Waals surface area contributed by atoms with Crippen LogP contribution >= 0.6 is 11.6 Å². The third-order valence-electron chi connectivity index (χ3n) is 6.75. The number of imidazole rings is 1. The first-order chi connectivity index (χ1) is 18.6. The molecule has 1 amide bonds. The van der Waals surface area contributed by atoms with Gasteiger partial charge in [0.15, 0.2) is 11.5 Å². The quantitative estimate of drug-likeness (QED) is 0.302. The number of carbonyl (C=O) groups excluding carboxylic acids is 1. The van der Waals surface area contributed by atoms with E-state index in [1.165, 1.54) is 19.2 Å². The first kappa shape index (κ1) is 24.6. The minimum Gasteiger partial charge on any atom is -0.506 e. The molecule has 5 aromatic rings. The number of halogens is 4. The summed E-state index contributed by atoms with van der Waals surface area (Å²) >= 11 is 5.74. The van der Waals surface area contributed by atoms with Crippen molar-refractivity contribution in [2.45, 2.75) is 18.8 Å². The van der Waals surface area contributed by atoms with Crippen molar-refractivity contribution in [2.24, 2.45) is 0 Å². The summed E-state index contributed by atoms with van der Waals surface area (Å²) in [7, 11) is 0. The van der Waals surface area contributed by atoms with Gasteiger partial charge in [-0.15, -0.1) is 0 Å². The third kappa shape index (κ3) is 3.83. The molecular formula is C26H17ClF3N7O2. The molecule has 4 N–H and O–H groups in total. The van der Waals surface area contributed by atoms with Gasteiger partial charge in [0.2, 0.25) is 5.91 Å². The highest BCUT2D eigenvalue weighted by molar-refractivity contribution is 6.32. The number of hydrogen-bond donors (Lipinski definition) is 3. The number of fused-ring (bicyclic) bond motifs is 2. The summed E-state index contributed by atoms with van der Waals surface area (Å²) in [5, 5.41) is 12.2. The van der Waals surface area contributed by atoms with Gasteiger partial charge in [0.1, 0.15) is 51.0 Å². The minimum absolute atomic E-state index is 0.0394. The van der Waals surface area contributed by atoms with Crippen LogP contribution in [0, 0.1) is 17.5 Å². The molecule has 4 heterocycles. The molecule has 3 aromatic heterocycles. The van der Waals surface area contributed by atoms with E-state index in [-0.39, 0.29) is 46.3 Å². The lowest BCUT2D eigenvalue weighted by atomic mass is 9.77. The summed E-state index contributed by atoms with van der Waals surface area (Å²) in [6, 6.07) is 5.36. The first-order valence-corrected chi connectivity index (χ1v) is 11.9. The maximum absolute atomic E-state index is 14.4. The Hall–Kier alpha value is -4.71. The average molecular weight is 552 g/mol. The van der Waals surface area contributed by atoms with E-state index in [0.717, 1.165) is 24.3 Å².